The number of ether oxygens (including phenoxy) is 2. The highest BCUT2D eigenvalue weighted by molar-refractivity contribution is 5.52. The third-order valence-electron chi connectivity index (χ3n) is 2.88. The van der Waals surface area contributed by atoms with E-state index in [1.54, 1.807) is 13.3 Å². The number of pyridine rings is 1. The van der Waals surface area contributed by atoms with Gasteiger partial charge in [0.05, 0.1) is 11.8 Å². The molecule has 1 saturated carbocycles. The van der Waals surface area contributed by atoms with Gasteiger partial charge in [0.25, 0.3) is 0 Å². The maximum absolute atomic E-state index is 5.86. The minimum absolute atomic E-state index is 0.238. The van der Waals surface area contributed by atoms with Crippen molar-refractivity contribution in [1.29, 1.82) is 0 Å². The Hall–Kier alpha value is -1.29. The van der Waals surface area contributed by atoms with Gasteiger partial charge in [0.15, 0.2) is 0 Å². The molecule has 0 spiro atoms. The zero-order valence-corrected chi connectivity index (χ0v) is 10.6. The van der Waals surface area contributed by atoms with Crippen molar-refractivity contribution in [1.82, 2.24) is 4.98 Å². The lowest BCUT2D eigenvalue weighted by Gasteiger charge is -2.34. The number of aromatic nitrogens is 1. The molecule has 0 unspecified atom stereocenters. The largest absolute Gasteiger partial charge is 0.473 e. The molecule has 1 fully saturated rings. The van der Waals surface area contributed by atoms with Crippen molar-refractivity contribution in [3.8, 4) is 5.88 Å². The van der Waals surface area contributed by atoms with Crippen LogP contribution in [0.4, 0.5) is 5.69 Å². The topological polar surface area (TPSA) is 43.4 Å². The molecule has 4 nitrogen and oxygen atoms in total. The molecule has 0 radical (unpaired) electrons. The molecule has 0 atom stereocenters. The number of anilines is 1. The molecule has 0 bridgehead atoms. The van der Waals surface area contributed by atoms with Crippen molar-refractivity contribution in [3.63, 3.8) is 0 Å². The summed E-state index contributed by atoms with van der Waals surface area (Å²) < 4.78 is 11.1. The van der Waals surface area contributed by atoms with Gasteiger partial charge in [-0.2, -0.15) is 0 Å². The fraction of sp³-hybridized carbons (Fsp3) is 0.615. The number of nitrogens with zero attached hydrogens (tertiary/aromatic N) is 1. The SMILES string of the molecule is CO[C@H]1C[C@H](Oc2ncccc2NC(C)C)C1. The highest BCUT2D eigenvalue weighted by Gasteiger charge is 2.31. The standard InChI is InChI=1S/C13H20N2O2/c1-9(2)15-12-5-4-6-14-13(12)17-11-7-10(8-11)16-3/h4-6,9-11,15H,7-8H2,1-3H3/t10-,11-. The monoisotopic (exact) mass is 236 g/mol. The molecule has 1 N–H and O–H groups in total. The van der Waals surface area contributed by atoms with Crippen molar-refractivity contribution in [2.24, 2.45) is 0 Å². The van der Waals surface area contributed by atoms with Gasteiger partial charge in [-0.15, -0.1) is 0 Å². The molecular formula is C13H20N2O2. The summed E-state index contributed by atoms with van der Waals surface area (Å²) >= 11 is 0. The third kappa shape index (κ3) is 3.09. The Kier molecular flexibility index (Phi) is 3.84. The van der Waals surface area contributed by atoms with Crippen molar-refractivity contribution >= 4 is 5.69 Å². The maximum Gasteiger partial charge on any atom is 0.237 e. The van der Waals surface area contributed by atoms with E-state index in [4.69, 9.17) is 9.47 Å². The zero-order valence-electron chi connectivity index (χ0n) is 10.6. The molecule has 0 saturated heterocycles. The lowest BCUT2D eigenvalue weighted by atomic mass is 9.92. The molecule has 4 heteroatoms. The van der Waals surface area contributed by atoms with Gasteiger partial charge in [-0.3, -0.25) is 0 Å². The summed E-state index contributed by atoms with van der Waals surface area (Å²) in [7, 11) is 1.74. The summed E-state index contributed by atoms with van der Waals surface area (Å²) in [6, 6.07) is 4.28. The zero-order chi connectivity index (χ0) is 12.3. The maximum atomic E-state index is 5.86. The van der Waals surface area contributed by atoms with Crippen molar-refractivity contribution in [2.45, 2.75) is 44.9 Å². The van der Waals surface area contributed by atoms with Crippen molar-refractivity contribution < 1.29 is 9.47 Å². The van der Waals surface area contributed by atoms with Gasteiger partial charge in [-0.25, -0.2) is 4.98 Å². The fourth-order valence-corrected chi connectivity index (χ4v) is 1.87. The third-order valence-corrected chi connectivity index (χ3v) is 2.88. The first kappa shape index (κ1) is 12.2. The van der Waals surface area contributed by atoms with Gasteiger partial charge in [0.2, 0.25) is 5.88 Å². The van der Waals surface area contributed by atoms with Gasteiger partial charge in [0.1, 0.15) is 6.10 Å². The van der Waals surface area contributed by atoms with Crippen LogP contribution in [0.5, 0.6) is 5.88 Å². The lowest BCUT2D eigenvalue weighted by molar-refractivity contribution is -0.0393. The first-order valence-corrected chi connectivity index (χ1v) is 6.10. The predicted molar refractivity (Wildman–Crippen MR) is 67.4 cm³/mol. The number of hydrogen-bond donors (Lipinski definition) is 1. The molecule has 1 aliphatic rings. The van der Waals surface area contributed by atoms with Gasteiger partial charge in [-0.1, -0.05) is 0 Å². The Bertz CT molecular complexity index is 362. The number of rotatable bonds is 5. The lowest BCUT2D eigenvalue weighted by Crippen LogP contribution is -2.39. The highest BCUT2D eigenvalue weighted by atomic mass is 16.5. The molecule has 1 aromatic rings. The molecule has 0 aliphatic heterocycles. The van der Waals surface area contributed by atoms with Crippen molar-refractivity contribution in [3.05, 3.63) is 18.3 Å². The Morgan fingerprint density at radius 2 is 2.12 bits per heavy atom. The second-order valence-corrected chi connectivity index (χ2v) is 4.72. The van der Waals surface area contributed by atoms with E-state index in [0.29, 0.717) is 18.0 Å². The molecule has 94 valence electrons. The molecule has 1 aromatic heterocycles. The van der Waals surface area contributed by atoms with Gasteiger partial charge in [-0.05, 0) is 26.0 Å². The Morgan fingerprint density at radius 1 is 1.35 bits per heavy atom. The minimum Gasteiger partial charge on any atom is -0.473 e. The van der Waals surface area contributed by atoms with E-state index in [2.05, 4.69) is 24.1 Å². The summed E-state index contributed by atoms with van der Waals surface area (Å²) in [5.41, 5.74) is 0.961. The Balaban J connectivity index is 1.96. The highest BCUT2D eigenvalue weighted by Crippen LogP contribution is 2.30. The normalized spacial score (nSPS) is 23.3. The smallest absolute Gasteiger partial charge is 0.237 e. The van der Waals surface area contributed by atoms with E-state index >= 15 is 0 Å². The first-order valence-electron chi connectivity index (χ1n) is 6.10. The summed E-state index contributed by atoms with van der Waals surface area (Å²) in [5, 5.41) is 3.33. The Morgan fingerprint density at radius 3 is 2.76 bits per heavy atom. The van der Waals surface area contributed by atoms with Crippen LogP contribution >= 0.6 is 0 Å². The molecule has 0 aromatic carbocycles. The minimum atomic E-state index is 0.238. The van der Waals surface area contributed by atoms with Gasteiger partial charge >= 0.3 is 0 Å². The second kappa shape index (κ2) is 5.36. The Labute approximate surface area is 102 Å². The average Bonchev–Trinajstić information content (AvgIpc) is 2.24. The van der Waals surface area contributed by atoms with E-state index in [0.717, 1.165) is 18.5 Å². The quantitative estimate of drug-likeness (QED) is 0.853. The van der Waals surface area contributed by atoms with Crippen LogP contribution in [0.25, 0.3) is 0 Å². The summed E-state index contributed by atoms with van der Waals surface area (Å²) in [6.45, 7) is 4.20. The van der Waals surface area contributed by atoms with E-state index in [1.807, 2.05) is 12.1 Å². The summed E-state index contributed by atoms with van der Waals surface area (Å²) in [4.78, 5) is 4.28. The molecule has 0 amide bonds. The molecular weight excluding hydrogens is 216 g/mol. The van der Waals surface area contributed by atoms with Crippen LogP contribution < -0.4 is 10.1 Å². The van der Waals surface area contributed by atoms with Gasteiger partial charge in [0, 0.05) is 32.2 Å². The van der Waals surface area contributed by atoms with E-state index in [-0.39, 0.29) is 6.10 Å². The van der Waals surface area contributed by atoms with Crippen LogP contribution in [0.1, 0.15) is 26.7 Å². The van der Waals surface area contributed by atoms with Crippen LogP contribution in [0.2, 0.25) is 0 Å². The first-order chi connectivity index (χ1) is 8.19. The summed E-state index contributed by atoms with van der Waals surface area (Å²) in [6.07, 6.45) is 4.25. The number of methoxy groups -OCH3 is 1. The van der Waals surface area contributed by atoms with Crippen LogP contribution in [-0.2, 0) is 4.74 Å². The molecule has 2 rings (SSSR count). The van der Waals surface area contributed by atoms with Crippen molar-refractivity contribution in [2.75, 3.05) is 12.4 Å². The second-order valence-electron chi connectivity index (χ2n) is 4.72. The predicted octanol–water partition coefficient (Wildman–Crippen LogP) is 2.46. The average molecular weight is 236 g/mol. The fourth-order valence-electron chi connectivity index (χ4n) is 1.87. The molecule has 17 heavy (non-hydrogen) atoms. The molecule has 1 aliphatic carbocycles. The van der Waals surface area contributed by atoms with E-state index < -0.39 is 0 Å². The number of hydrogen-bond acceptors (Lipinski definition) is 4. The van der Waals surface area contributed by atoms with Gasteiger partial charge < -0.3 is 14.8 Å². The van der Waals surface area contributed by atoms with E-state index in [9.17, 15) is 0 Å². The van der Waals surface area contributed by atoms with Crippen LogP contribution in [-0.4, -0.2) is 30.3 Å². The molecule has 1 heterocycles. The summed E-state index contributed by atoms with van der Waals surface area (Å²) in [5.74, 6) is 0.695. The van der Waals surface area contributed by atoms with Crippen LogP contribution in [0, 0.1) is 0 Å². The van der Waals surface area contributed by atoms with Crippen LogP contribution in [0.15, 0.2) is 18.3 Å². The van der Waals surface area contributed by atoms with Crippen LogP contribution in [0.3, 0.4) is 0 Å². The van der Waals surface area contributed by atoms with E-state index in [1.165, 1.54) is 0 Å². The number of nitrogens with one attached hydrogen (secondary N) is 1.